The number of ether oxygens (including phenoxy) is 6. The maximum absolute atomic E-state index is 13.4. The van der Waals surface area contributed by atoms with Crippen LogP contribution in [0.25, 0.3) is 0 Å². The van der Waals surface area contributed by atoms with Crippen LogP contribution in [0.2, 0.25) is 0 Å². The topological polar surface area (TPSA) is 307 Å². The summed E-state index contributed by atoms with van der Waals surface area (Å²) >= 11 is 0. The molecule has 3 aliphatic rings. The van der Waals surface area contributed by atoms with Gasteiger partial charge in [-0.15, -0.1) is 0 Å². The fourth-order valence-electron chi connectivity index (χ4n) is 13.6. The van der Waals surface area contributed by atoms with E-state index in [0.717, 1.165) is 38.5 Å². The van der Waals surface area contributed by atoms with E-state index < -0.39 is 124 Å². The molecule has 3 aliphatic heterocycles. The van der Waals surface area contributed by atoms with Gasteiger partial charge in [-0.25, -0.2) is 0 Å². The van der Waals surface area contributed by atoms with Crippen molar-refractivity contribution >= 4 is 5.91 Å². The number of hydrogen-bond donors (Lipinski definition) is 12. The number of hydrogen-bond acceptors (Lipinski definition) is 18. The largest absolute Gasteiger partial charge is 0.394 e. The zero-order chi connectivity index (χ0) is 69.6. The Balaban J connectivity index is 1.27. The number of carbonyl (C=O) groups excluding carboxylic acids is 1. The molecule has 3 fully saturated rings. The lowest BCUT2D eigenvalue weighted by atomic mass is 9.96. The van der Waals surface area contributed by atoms with Gasteiger partial charge in [0.2, 0.25) is 5.91 Å². The molecule has 17 unspecified atom stereocenters. The van der Waals surface area contributed by atoms with Gasteiger partial charge in [-0.2, -0.15) is 0 Å². The summed E-state index contributed by atoms with van der Waals surface area (Å²) in [5.74, 6) is -0.280. The number of unbranched alkanes of at least 4 members (excludes halogenated alkanes) is 45. The maximum atomic E-state index is 13.4. The third-order valence-electron chi connectivity index (χ3n) is 20.0. The number of nitrogens with one attached hydrogen (secondary N) is 1. The molecule has 12 N–H and O–H groups in total. The fraction of sp³-hybridized carbons (Fsp3) is 0.935. The number of allylic oxidation sites excluding steroid dienone is 3. The average Bonchev–Trinajstić information content (AvgIpc) is 0.789. The van der Waals surface area contributed by atoms with Gasteiger partial charge in [0.1, 0.15) is 73.2 Å². The van der Waals surface area contributed by atoms with Crippen LogP contribution in [0.1, 0.15) is 328 Å². The first-order valence-electron chi connectivity index (χ1n) is 39.6. The molecule has 0 aromatic carbocycles. The highest BCUT2D eigenvalue weighted by atomic mass is 16.8. The van der Waals surface area contributed by atoms with Gasteiger partial charge in [-0.1, -0.05) is 314 Å². The van der Waals surface area contributed by atoms with Crippen LogP contribution in [-0.2, 0) is 33.2 Å². The summed E-state index contributed by atoms with van der Waals surface area (Å²) in [7, 11) is 0. The summed E-state index contributed by atoms with van der Waals surface area (Å²) in [6, 6.07) is -0.986. The highest BCUT2D eigenvalue weighted by Crippen LogP contribution is 2.33. The number of carbonyl (C=O) groups is 1. The van der Waals surface area contributed by atoms with E-state index in [9.17, 15) is 61.0 Å². The molecule has 0 bridgehead atoms. The van der Waals surface area contributed by atoms with Crippen molar-refractivity contribution in [3.63, 3.8) is 0 Å². The maximum Gasteiger partial charge on any atom is 0.220 e. The molecule has 17 atom stereocenters. The molecule has 0 radical (unpaired) electrons. The van der Waals surface area contributed by atoms with Gasteiger partial charge in [0.05, 0.1) is 38.6 Å². The Morgan fingerprint density at radius 1 is 0.365 bits per heavy atom. The Morgan fingerprint density at radius 3 is 1.04 bits per heavy atom. The number of aliphatic hydroxyl groups excluding tert-OH is 11. The minimum Gasteiger partial charge on any atom is -0.394 e. The van der Waals surface area contributed by atoms with Gasteiger partial charge in [0, 0.05) is 6.42 Å². The van der Waals surface area contributed by atoms with E-state index in [1.54, 1.807) is 6.08 Å². The first-order valence-corrected chi connectivity index (χ1v) is 39.6. The second kappa shape index (κ2) is 58.7. The van der Waals surface area contributed by atoms with E-state index in [4.69, 9.17) is 28.4 Å². The van der Waals surface area contributed by atoms with Gasteiger partial charge in [-0.05, 0) is 32.1 Å². The van der Waals surface area contributed by atoms with E-state index in [-0.39, 0.29) is 18.9 Å². The Hall–Kier alpha value is -1.73. The van der Waals surface area contributed by atoms with Crippen molar-refractivity contribution in [3.8, 4) is 0 Å². The summed E-state index contributed by atoms with van der Waals surface area (Å²) < 4.78 is 34.3. The highest BCUT2D eigenvalue weighted by molar-refractivity contribution is 5.76. The molecule has 19 heteroatoms. The highest BCUT2D eigenvalue weighted by Gasteiger charge is 2.53. The summed E-state index contributed by atoms with van der Waals surface area (Å²) in [6.45, 7) is 1.72. The van der Waals surface area contributed by atoms with Crippen molar-refractivity contribution in [3.05, 3.63) is 24.3 Å². The van der Waals surface area contributed by atoms with Crippen LogP contribution in [0.4, 0.5) is 0 Å². The van der Waals surface area contributed by atoms with E-state index in [0.29, 0.717) is 12.8 Å². The minimum atomic E-state index is -1.98. The van der Waals surface area contributed by atoms with Gasteiger partial charge in [-0.3, -0.25) is 4.79 Å². The van der Waals surface area contributed by atoms with Crippen molar-refractivity contribution in [2.75, 3.05) is 26.4 Å². The Kier molecular flexibility index (Phi) is 54.1. The van der Waals surface area contributed by atoms with Crippen LogP contribution in [0.5, 0.6) is 0 Å². The van der Waals surface area contributed by atoms with E-state index in [1.165, 1.54) is 257 Å². The number of rotatable bonds is 63. The SMILES string of the molecule is CCCCCCCC/C=C/CC/C=C/C(O)C(COC1OC(CO)C(OC2OC(CO)C(OC3OC(CO)C(O)C(O)C3O)C(O)C2O)C(O)C1O)NC(=O)CCCCCCCCCCCCCCCCCCCCCCCCCCCCCCCCCCCCCCCCC. The molecule has 3 saturated heterocycles. The molecule has 3 rings (SSSR count). The molecule has 566 valence electrons. The number of amides is 1. The van der Waals surface area contributed by atoms with Gasteiger partial charge >= 0.3 is 0 Å². The third kappa shape index (κ3) is 39.1. The molecule has 0 aliphatic carbocycles. The molecular formula is C77H145NO18. The Bertz CT molecular complexity index is 1830. The van der Waals surface area contributed by atoms with Crippen molar-refractivity contribution < 1.29 is 89.4 Å². The molecule has 1 amide bonds. The third-order valence-corrected chi connectivity index (χ3v) is 20.0. The molecule has 0 saturated carbocycles. The standard InChI is InChI=1S/C77H145NO18/c1-3-5-7-9-11-13-15-17-18-19-20-21-22-23-24-25-26-27-28-29-30-31-32-33-34-35-36-37-38-39-40-41-42-43-45-47-49-51-53-55-65(83)78-60(61(82)54-52-50-48-46-44-16-14-12-10-8-6-4-2)59-91-75-71(89)68(86)73(63(57-80)93-75)96-77-72(90)69(87)74(64(58-81)94-77)95-76-70(88)67(85)66(84)62(56-79)92-76/h44,46,52,54,60-64,66-77,79-82,84-90H,3-43,45,47-51,53,55-59H2,1-2H3,(H,78,83)/b46-44+,54-52+. The van der Waals surface area contributed by atoms with Crippen LogP contribution < -0.4 is 5.32 Å². The van der Waals surface area contributed by atoms with Crippen molar-refractivity contribution in [1.29, 1.82) is 0 Å². The summed E-state index contributed by atoms with van der Waals surface area (Å²) in [5.41, 5.74) is 0. The summed E-state index contributed by atoms with van der Waals surface area (Å²) in [6.07, 6.45) is 43.7. The van der Waals surface area contributed by atoms with Crippen LogP contribution in [-0.4, -0.2) is 193 Å². The second-order valence-corrected chi connectivity index (χ2v) is 28.5. The molecule has 0 aromatic heterocycles. The predicted molar refractivity (Wildman–Crippen MR) is 379 cm³/mol. The fourth-order valence-corrected chi connectivity index (χ4v) is 13.6. The monoisotopic (exact) mass is 1370 g/mol. The first-order chi connectivity index (χ1) is 46.8. The Labute approximate surface area is 581 Å². The minimum absolute atomic E-state index is 0.241. The van der Waals surface area contributed by atoms with Crippen LogP contribution >= 0.6 is 0 Å². The van der Waals surface area contributed by atoms with Crippen molar-refractivity contribution in [1.82, 2.24) is 5.32 Å². The van der Waals surface area contributed by atoms with Crippen LogP contribution in [0, 0.1) is 0 Å². The molecule has 0 spiro atoms. The molecule has 19 nitrogen and oxygen atoms in total. The first kappa shape index (κ1) is 88.5. The summed E-state index contributed by atoms with van der Waals surface area (Å²) in [4.78, 5) is 13.4. The molecule has 96 heavy (non-hydrogen) atoms. The van der Waals surface area contributed by atoms with E-state index >= 15 is 0 Å². The van der Waals surface area contributed by atoms with Crippen LogP contribution in [0.3, 0.4) is 0 Å². The smallest absolute Gasteiger partial charge is 0.220 e. The lowest BCUT2D eigenvalue weighted by Crippen LogP contribution is -2.66. The Morgan fingerprint density at radius 2 is 0.667 bits per heavy atom. The van der Waals surface area contributed by atoms with Crippen molar-refractivity contribution in [2.24, 2.45) is 0 Å². The lowest BCUT2D eigenvalue weighted by molar-refractivity contribution is -0.379. The van der Waals surface area contributed by atoms with E-state index in [2.05, 4.69) is 31.3 Å². The van der Waals surface area contributed by atoms with Crippen molar-refractivity contribution in [2.45, 2.75) is 433 Å². The second-order valence-electron chi connectivity index (χ2n) is 28.5. The summed E-state index contributed by atoms with van der Waals surface area (Å²) in [5, 5.41) is 120. The molecule has 0 aromatic rings. The zero-order valence-electron chi connectivity index (χ0n) is 60.4. The molecule has 3 heterocycles. The zero-order valence-corrected chi connectivity index (χ0v) is 60.4. The quantitative estimate of drug-likeness (QED) is 0.0199. The predicted octanol–water partition coefficient (Wildman–Crippen LogP) is 12.6. The van der Waals surface area contributed by atoms with Gasteiger partial charge < -0.3 is 89.9 Å². The van der Waals surface area contributed by atoms with Gasteiger partial charge in [0.25, 0.3) is 0 Å². The van der Waals surface area contributed by atoms with Gasteiger partial charge in [0.15, 0.2) is 18.9 Å². The lowest BCUT2D eigenvalue weighted by Gasteiger charge is -2.48. The number of aliphatic hydroxyl groups is 11. The molecular weight excluding hydrogens is 1230 g/mol. The normalized spacial score (nSPS) is 27.1. The average molecular weight is 1370 g/mol. The van der Waals surface area contributed by atoms with Crippen LogP contribution in [0.15, 0.2) is 24.3 Å². The van der Waals surface area contributed by atoms with E-state index in [1.807, 2.05) is 6.08 Å².